The summed E-state index contributed by atoms with van der Waals surface area (Å²) in [6.45, 7) is 4.46. The van der Waals surface area contributed by atoms with Gasteiger partial charge in [-0.15, -0.1) is 0 Å². The summed E-state index contributed by atoms with van der Waals surface area (Å²) in [6.07, 6.45) is 7.61. The van der Waals surface area contributed by atoms with Crippen molar-refractivity contribution < 1.29 is 0 Å². The van der Waals surface area contributed by atoms with Crippen LogP contribution in [0.5, 0.6) is 0 Å². The monoisotopic (exact) mass is 264 g/mol. The molecule has 0 aromatic carbocycles. The van der Waals surface area contributed by atoms with Crippen LogP contribution in [0.2, 0.25) is 0 Å². The van der Waals surface area contributed by atoms with E-state index in [-0.39, 0.29) is 0 Å². The lowest BCUT2D eigenvalue weighted by Crippen LogP contribution is -2.29. The van der Waals surface area contributed by atoms with Gasteiger partial charge in [0, 0.05) is 27.7 Å². The highest BCUT2D eigenvalue weighted by Gasteiger charge is 2.20. The number of nitrogens with one attached hydrogen (secondary N) is 1. The second-order valence-electron chi connectivity index (χ2n) is 6.16. The zero-order valence-electron chi connectivity index (χ0n) is 12.8. The molecule has 2 unspecified atom stereocenters. The zero-order valence-corrected chi connectivity index (χ0v) is 12.8. The molecule has 108 valence electrons. The van der Waals surface area contributed by atoms with Gasteiger partial charge in [-0.05, 0) is 24.8 Å². The van der Waals surface area contributed by atoms with E-state index in [0.717, 1.165) is 30.9 Å². The van der Waals surface area contributed by atoms with Crippen LogP contribution in [0, 0.1) is 11.8 Å². The maximum Gasteiger partial charge on any atom is 0.204 e. The van der Waals surface area contributed by atoms with E-state index in [1.807, 2.05) is 25.2 Å². The maximum atomic E-state index is 4.44. The van der Waals surface area contributed by atoms with Gasteiger partial charge in [-0.1, -0.05) is 26.2 Å². The fraction of sp³-hybridized carbons (Fsp3) is 0.800. The van der Waals surface area contributed by atoms with Crippen LogP contribution >= 0.6 is 0 Å². The van der Waals surface area contributed by atoms with Crippen molar-refractivity contribution in [2.24, 2.45) is 18.9 Å². The van der Waals surface area contributed by atoms with Crippen molar-refractivity contribution in [2.75, 3.05) is 25.5 Å². The molecule has 0 bridgehead atoms. The highest BCUT2D eigenvalue weighted by atomic mass is 15.3. The molecule has 1 fully saturated rings. The maximum absolute atomic E-state index is 4.44. The van der Waals surface area contributed by atoms with Gasteiger partial charge in [0.15, 0.2) is 0 Å². The Bertz CT molecular complexity index is 397. The molecule has 4 nitrogen and oxygen atoms in total. The Kier molecular flexibility index (Phi) is 4.86. The Morgan fingerprint density at radius 2 is 2.11 bits per heavy atom. The van der Waals surface area contributed by atoms with Crippen LogP contribution in [0.15, 0.2) is 6.20 Å². The average Bonchev–Trinajstić information content (AvgIpc) is 2.74. The van der Waals surface area contributed by atoms with E-state index in [9.17, 15) is 0 Å². The number of imidazole rings is 1. The molecule has 0 spiro atoms. The molecule has 19 heavy (non-hydrogen) atoms. The number of hydrogen-bond acceptors (Lipinski definition) is 3. The second kappa shape index (κ2) is 6.42. The predicted molar refractivity (Wildman–Crippen MR) is 80.4 cm³/mol. The Labute approximate surface area is 117 Å². The average molecular weight is 264 g/mol. The molecular weight excluding hydrogens is 236 g/mol. The molecule has 0 aliphatic heterocycles. The van der Waals surface area contributed by atoms with E-state index in [2.05, 4.69) is 28.8 Å². The van der Waals surface area contributed by atoms with E-state index in [1.165, 1.54) is 31.4 Å². The van der Waals surface area contributed by atoms with Gasteiger partial charge < -0.3 is 14.8 Å². The first kappa shape index (κ1) is 14.4. The van der Waals surface area contributed by atoms with Gasteiger partial charge in [-0.3, -0.25) is 0 Å². The summed E-state index contributed by atoms with van der Waals surface area (Å²) in [5.74, 6) is 2.75. The molecule has 0 radical (unpaired) electrons. The number of rotatable bonds is 5. The summed E-state index contributed by atoms with van der Waals surface area (Å²) < 4.78 is 2.16. The van der Waals surface area contributed by atoms with Gasteiger partial charge >= 0.3 is 0 Å². The molecule has 1 aromatic heterocycles. The third kappa shape index (κ3) is 3.50. The van der Waals surface area contributed by atoms with Crippen molar-refractivity contribution in [3.63, 3.8) is 0 Å². The van der Waals surface area contributed by atoms with Crippen molar-refractivity contribution in [2.45, 2.75) is 39.2 Å². The number of aromatic nitrogens is 2. The first-order valence-electron chi connectivity index (χ1n) is 7.48. The lowest BCUT2D eigenvalue weighted by atomic mass is 9.80. The molecular formula is C15H28N4. The van der Waals surface area contributed by atoms with Crippen LogP contribution < -0.4 is 10.2 Å². The minimum atomic E-state index is 0.857. The van der Waals surface area contributed by atoms with Gasteiger partial charge in [0.05, 0.1) is 11.9 Å². The van der Waals surface area contributed by atoms with Crippen LogP contribution in [-0.4, -0.2) is 30.2 Å². The fourth-order valence-corrected chi connectivity index (χ4v) is 3.10. The summed E-state index contributed by atoms with van der Waals surface area (Å²) in [4.78, 5) is 6.49. The van der Waals surface area contributed by atoms with E-state index in [4.69, 9.17) is 0 Å². The SMILES string of the molecule is CC1CCCCC1CNCc1cnc(N(C)C)n1C. The molecule has 1 N–H and O–H groups in total. The van der Waals surface area contributed by atoms with Crippen molar-refractivity contribution >= 4 is 5.95 Å². The lowest BCUT2D eigenvalue weighted by Gasteiger charge is -2.28. The largest absolute Gasteiger partial charge is 0.348 e. The third-order valence-corrected chi connectivity index (χ3v) is 4.46. The van der Waals surface area contributed by atoms with Crippen LogP contribution in [0.3, 0.4) is 0 Å². The normalized spacial score (nSPS) is 23.6. The van der Waals surface area contributed by atoms with E-state index >= 15 is 0 Å². The van der Waals surface area contributed by atoms with Crippen LogP contribution in [-0.2, 0) is 13.6 Å². The minimum Gasteiger partial charge on any atom is -0.348 e. The molecule has 1 heterocycles. The van der Waals surface area contributed by atoms with Gasteiger partial charge in [-0.25, -0.2) is 4.98 Å². The summed E-state index contributed by atoms with van der Waals surface area (Å²) in [5, 5.41) is 3.62. The highest BCUT2D eigenvalue weighted by Crippen LogP contribution is 2.28. The molecule has 0 saturated heterocycles. The van der Waals surface area contributed by atoms with Gasteiger partial charge in [0.1, 0.15) is 0 Å². The Morgan fingerprint density at radius 3 is 2.74 bits per heavy atom. The molecule has 2 rings (SSSR count). The molecule has 4 heteroatoms. The first-order chi connectivity index (χ1) is 9.09. The summed E-state index contributed by atoms with van der Waals surface area (Å²) in [6, 6.07) is 0. The van der Waals surface area contributed by atoms with Crippen molar-refractivity contribution in [1.29, 1.82) is 0 Å². The van der Waals surface area contributed by atoms with Crippen LogP contribution in [0.25, 0.3) is 0 Å². The molecule has 1 aliphatic carbocycles. The number of nitrogens with zero attached hydrogens (tertiary/aromatic N) is 3. The molecule has 1 aliphatic rings. The van der Waals surface area contributed by atoms with Crippen molar-refractivity contribution in [3.05, 3.63) is 11.9 Å². The van der Waals surface area contributed by atoms with Crippen LogP contribution in [0.4, 0.5) is 5.95 Å². The predicted octanol–water partition coefficient (Wildman–Crippen LogP) is 2.40. The zero-order chi connectivity index (χ0) is 13.8. The highest BCUT2D eigenvalue weighted by molar-refractivity contribution is 5.30. The molecule has 0 amide bonds. The van der Waals surface area contributed by atoms with E-state index < -0.39 is 0 Å². The molecule has 1 saturated carbocycles. The lowest BCUT2D eigenvalue weighted by molar-refractivity contribution is 0.247. The van der Waals surface area contributed by atoms with Gasteiger partial charge in [0.2, 0.25) is 5.95 Å². The quantitative estimate of drug-likeness (QED) is 0.886. The first-order valence-corrected chi connectivity index (χ1v) is 7.48. The minimum absolute atomic E-state index is 0.857. The Hall–Kier alpha value is -1.03. The van der Waals surface area contributed by atoms with Crippen LogP contribution in [0.1, 0.15) is 38.3 Å². The van der Waals surface area contributed by atoms with E-state index in [1.54, 1.807) is 0 Å². The molecule has 2 atom stereocenters. The van der Waals surface area contributed by atoms with E-state index in [0.29, 0.717) is 0 Å². The molecule has 1 aromatic rings. The smallest absolute Gasteiger partial charge is 0.204 e. The number of anilines is 1. The Morgan fingerprint density at radius 1 is 1.37 bits per heavy atom. The fourth-order valence-electron chi connectivity index (χ4n) is 3.10. The summed E-state index contributed by atoms with van der Waals surface area (Å²) in [5.41, 5.74) is 1.26. The van der Waals surface area contributed by atoms with Gasteiger partial charge in [0.25, 0.3) is 0 Å². The second-order valence-corrected chi connectivity index (χ2v) is 6.16. The number of hydrogen-bond donors (Lipinski definition) is 1. The third-order valence-electron chi connectivity index (χ3n) is 4.46. The standard InChI is InChI=1S/C15H28N4/c1-12-7-5-6-8-13(12)9-16-10-14-11-17-15(18(2)3)19(14)4/h11-13,16H,5-10H2,1-4H3. The van der Waals surface area contributed by atoms with Crippen molar-refractivity contribution in [3.8, 4) is 0 Å². The summed E-state index contributed by atoms with van der Waals surface area (Å²) in [7, 11) is 6.15. The summed E-state index contributed by atoms with van der Waals surface area (Å²) >= 11 is 0. The topological polar surface area (TPSA) is 33.1 Å². The van der Waals surface area contributed by atoms with Crippen molar-refractivity contribution in [1.82, 2.24) is 14.9 Å². The Balaban J connectivity index is 1.82. The van der Waals surface area contributed by atoms with Gasteiger partial charge in [-0.2, -0.15) is 0 Å².